The zero-order valence-electron chi connectivity index (χ0n) is 36.1. The number of thiol groups is 1. The summed E-state index contributed by atoms with van der Waals surface area (Å²) in [6.45, 7) is 11.0. The Morgan fingerprint density at radius 1 is 0.902 bits per heavy atom. The molecule has 61 heavy (non-hydrogen) atoms. The normalized spacial score (nSPS) is 20.1. The van der Waals surface area contributed by atoms with E-state index in [1.807, 2.05) is 52.0 Å². The van der Waals surface area contributed by atoms with Crippen molar-refractivity contribution in [2.75, 3.05) is 38.5 Å². The van der Waals surface area contributed by atoms with E-state index in [0.717, 1.165) is 27.9 Å². The summed E-state index contributed by atoms with van der Waals surface area (Å²) in [6, 6.07) is 4.06. The summed E-state index contributed by atoms with van der Waals surface area (Å²) >= 11 is 0.673. The molecule has 9 unspecified atom stereocenters. The molecule has 3 rings (SSSR count). The lowest BCUT2D eigenvalue weighted by atomic mass is 9.91. The molecule has 1 fully saturated rings. The fourth-order valence-electron chi connectivity index (χ4n) is 7.29. The number of aliphatic hydroxyl groups is 3. The van der Waals surface area contributed by atoms with Crippen LogP contribution >= 0.6 is 0 Å². The molecule has 1 aliphatic heterocycles. The van der Waals surface area contributed by atoms with Gasteiger partial charge < -0.3 is 64.1 Å². The average Bonchev–Trinajstić information content (AvgIpc) is 3.79. The molecule has 2 aromatic rings. The maximum Gasteiger partial charge on any atom is 0.239 e. The molecule has 1 aromatic carbocycles. The van der Waals surface area contributed by atoms with Gasteiger partial charge in [0.1, 0.15) is 12.0 Å². The Morgan fingerprint density at radius 3 is 2.20 bits per heavy atom. The Hall–Kier alpha value is -4.31. The molecule has 0 aliphatic carbocycles. The number of β-amino-alcohol motifs (C(OH)–C–C–N with tert-alkyl or cyclic N) is 1. The van der Waals surface area contributed by atoms with Gasteiger partial charge >= 0.3 is 0 Å². The molecule has 1 aromatic heterocycles. The number of hydrogen-bond donors (Lipinski definition) is 12. The van der Waals surface area contributed by atoms with Crippen molar-refractivity contribution in [1.82, 2.24) is 36.5 Å². The average molecular weight is 878 g/mol. The lowest BCUT2D eigenvalue weighted by molar-refractivity contribution is -0.129. The monoisotopic (exact) mass is 877 g/mol. The third-order valence-electron chi connectivity index (χ3n) is 11.9. The first-order valence-corrected chi connectivity index (χ1v) is 22.1. The summed E-state index contributed by atoms with van der Waals surface area (Å²) in [7, 11) is 0. The highest BCUT2D eigenvalue weighted by Gasteiger charge is 2.41. The van der Waals surface area contributed by atoms with Crippen LogP contribution in [0, 0.1) is 23.7 Å². The highest BCUT2D eigenvalue weighted by atomic mass is 32.2. The molecule has 6 amide bonds. The molecular formula is C41H69N10O9S+. The van der Waals surface area contributed by atoms with Gasteiger partial charge in [-0.15, -0.1) is 0 Å². The number of benzene rings is 1. The van der Waals surface area contributed by atoms with E-state index in [0.29, 0.717) is 18.3 Å². The Morgan fingerprint density at radius 2 is 1.57 bits per heavy atom. The van der Waals surface area contributed by atoms with Crippen molar-refractivity contribution < 1.29 is 44.1 Å². The number of amides is 6. The van der Waals surface area contributed by atoms with E-state index in [1.54, 1.807) is 13.8 Å². The number of rotatable bonds is 27. The summed E-state index contributed by atoms with van der Waals surface area (Å²) in [5.74, 6) is -3.42. The molecule has 0 spiro atoms. The van der Waals surface area contributed by atoms with Gasteiger partial charge in [0, 0.05) is 60.1 Å². The van der Waals surface area contributed by atoms with Gasteiger partial charge in [0.15, 0.2) is 0 Å². The minimum Gasteiger partial charge on any atom is -0.393 e. The van der Waals surface area contributed by atoms with Crippen molar-refractivity contribution in [3.8, 4) is 0 Å². The quantitative estimate of drug-likeness (QED) is 0.0326. The summed E-state index contributed by atoms with van der Waals surface area (Å²) in [6.07, 6.45) is -2.34. The number of primary amides is 3. The number of nitrogens with one attached hydrogen (secondary N) is 6. The number of aliphatic hydroxyl groups excluding tert-OH is 3. The fourth-order valence-corrected chi connectivity index (χ4v) is 8.52. The molecule has 19 nitrogen and oxygen atoms in total. The number of aromatic amines is 1. The zero-order valence-corrected chi connectivity index (χ0v) is 37.0. The number of likely N-dealkylation sites (tertiary alicyclic amines) is 1. The Kier molecular flexibility index (Phi) is 20.4. The van der Waals surface area contributed by atoms with Crippen molar-refractivity contribution in [3.05, 3.63) is 29.8 Å². The lowest BCUT2D eigenvalue weighted by Crippen LogP contribution is -2.58. The molecule has 0 bridgehead atoms. The highest BCUT2D eigenvalue weighted by molar-refractivity contribution is 7.78. The lowest BCUT2D eigenvalue weighted by Gasteiger charge is -2.34. The van der Waals surface area contributed by atoms with E-state index < -0.39 is 72.1 Å². The highest BCUT2D eigenvalue weighted by Crippen LogP contribution is 2.27. The van der Waals surface area contributed by atoms with Gasteiger partial charge in [0.2, 0.25) is 40.5 Å². The first kappa shape index (κ1) is 51.0. The van der Waals surface area contributed by atoms with E-state index in [-0.39, 0.29) is 80.8 Å². The second-order valence-electron chi connectivity index (χ2n) is 16.5. The number of carbonyl (C=O) groups excluding carboxylic acids is 6. The van der Waals surface area contributed by atoms with E-state index in [2.05, 4.69) is 31.6 Å². The summed E-state index contributed by atoms with van der Waals surface area (Å²) < 4.78 is 0. The molecule has 0 radical (unpaired) electrons. The maximum atomic E-state index is 13.6. The predicted molar refractivity (Wildman–Crippen MR) is 233 cm³/mol. The summed E-state index contributed by atoms with van der Waals surface area (Å²) in [5.41, 5.74) is 18.1. The van der Waals surface area contributed by atoms with Crippen molar-refractivity contribution in [2.45, 2.75) is 115 Å². The largest absolute Gasteiger partial charge is 0.393 e. The molecule has 0 saturated carbocycles. The molecule has 1 saturated heterocycles. The number of H-pyrrole nitrogens is 1. The fraction of sp³-hybridized carbons (Fsp3) is 0.659. The number of nitrogens with zero attached hydrogens (tertiary/aromatic N) is 1. The van der Waals surface area contributed by atoms with Crippen molar-refractivity contribution in [3.63, 3.8) is 0 Å². The van der Waals surface area contributed by atoms with Crippen LogP contribution in [0.2, 0.25) is 0 Å². The number of hydrogen-bond acceptors (Lipinski definition) is 12. The minimum absolute atomic E-state index is 0.00276. The van der Waals surface area contributed by atoms with Crippen LogP contribution in [0.1, 0.15) is 66.4 Å². The van der Waals surface area contributed by atoms with Crippen LogP contribution in [0.3, 0.4) is 0 Å². The zero-order chi connectivity index (χ0) is 45.6. The van der Waals surface area contributed by atoms with E-state index in [1.165, 1.54) is 4.90 Å². The van der Waals surface area contributed by atoms with Gasteiger partial charge in [-0.2, -0.15) is 0 Å². The second-order valence-corrected chi connectivity index (χ2v) is 17.7. The van der Waals surface area contributed by atoms with E-state index in [4.69, 9.17) is 17.2 Å². The molecule has 11 atom stereocenters. The Balaban J connectivity index is 1.93. The molecule has 342 valence electrons. The van der Waals surface area contributed by atoms with Gasteiger partial charge in [-0.25, -0.2) is 0 Å². The number of aromatic nitrogens is 1. The summed E-state index contributed by atoms with van der Waals surface area (Å²) in [4.78, 5) is 80.6. The molecule has 15 N–H and O–H groups in total. The van der Waals surface area contributed by atoms with Crippen molar-refractivity contribution >= 4 is 58.1 Å². The van der Waals surface area contributed by atoms with E-state index >= 15 is 0 Å². The van der Waals surface area contributed by atoms with Crippen LogP contribution in [-0.4, -0.2) is 142 Å². The first-order chi connectivity index (χ1) is 28.7. The van der Waals surface area contributed by atoms with Gasteiger partial charge in [-0.1, -0.05) is 59.2 Å². The standard InChI is InChI=1S/C41H68N10O9S/c1-7-21(2)24(5)38(58)48-18-36(56)49-26(16-46-32(14-34(42)54)41(60)51-19-27(53)12-33(51)37(44)57)20-61-40-29(28-10-8-9-11-30(28)50-40)13-31(39(59)47-17-35(43)55)45-15-22(3)23(4)25(6)52/h8-11,21-27,31-33,41,45-46,50,52-53,60H,7,12-20H2,1-6H3,(H2,42,54)(H2,43,55)(H2,44,57)(H,47,59)(H,48,58)(H,49,56)/p+1/t21?,22?,23-,24?,25?,26?,27-,31?,32?,33?,41?/m1/s1. The molecule has 1 aliphatic rings. The topological polar surface area (TPSA) is 320 Å². The minimum atomic E-state index is -1.46. The third-order valence-corrected chi connectivity index (χ3v) is 13.2. The Labute approximate surface area is 361 Å². The van der Waals surface area contributed by atoms with Crippen LogP contribution in [0.15, 0.2) is 29.3 Å². The number of para-hydroxylation sites is 1. The number of carbonyl (C=O) groups is 6. The van der Waals surface area contributed by atoms with Crippen LogP contribution in [0.4, 0.5) is 0 Å². The van der Waals surface area contributed by atoms with Crippen LogP contribution in [0.25, 0.3) is 10.9 Å². The van der Waals surface area contributed by atoms with Crippen LogP contribution in [-0.2, 0) is 46.9 Å². The first-order valence-electron chi connectivity index (χ1n) is 21.0. The number of nitrogens with two attached hydrogens (primary N) is 3. The smallest absolute Gasteiger partial charge is 0.239 e. The second kappa shape index (κ2) is 24.4. The van der Waals surface area contributed by atoms with Crippen molar-refractivity contribution in [2.24, 2.45) is 40.9 Å². The van der Waals surface area contributed by atoms with Crippen LogP contribution in [0.5, 0.6) is 0 Å². The maximum absolute atomic E-state index is 13.6. The molecule has 20 heteroatoms. The SMILES string of the molecule is CCC(C)C(C)C(=O)NCC(=O)NC(CNC(CC(N)=O)C(O)N1C[C@H](O)CC1C(N)=O)C[SH+]c1[nH]c2ccccc2c1CC(NCC(C)[C@@H](C)C(C)O)C(=O)NCC(N)=O. The summed E-state index contributed by atoms with van der Waals surface area (Å²) in [5, 5.41) is 48.2. The number of fused-ring (bicyclic) bond motifs is 1. The van der Waals surface area contributed by atoms with Gasteiger partial charge in [0.25, 0.3) is 0 Å². The van der Waals surface area contributed by atoms with Crippen molar-refractivity contribution in [1.29, 1.82) is 0 Å². The molecule has 2 heterocycles. The Bertz CT molecular complexity index is 1800. The third kappa shape index (κ3) is 15.5. The molecular weight excluding hydrogens is 809 g/mol. The van der Waals surface area contributed by atoms with Gasteiger partial charge in [0.05, 0.1) is 49.5 Å². The van der Waals surface area contributed by atoms with Gasteiger partial charge in [-0.05, 0) is 43.7 Å². The van der Waals surface area contributed by atoms with Crippen LogP contribution < -0.4 is 43.8 Å². The van der Waals surface area contributed by atoms with Gasteiger partial charge in [-0.3, -0.25) is 33.7 Å². The predicted octanol–water partition coefficient (Wildman–Crippen LogP) is -2.55. The van der Waals surface area contributed by atoms with E-state index in [9.17, 15) is 44.1 Å².